The molecule has 1 heterocycles. The van der Waals surface area contributed by atoms with Gasteiger partial charge in [-0.3, -0.25) is 4.79 Å². The lowest BCUT2D eigenvalue weighted by atomic mass is 10.4. The molecule has 4 nitrogen and oxygen atoms in total. The van der Waals surface area contributed by atoms with E-state index in [0.717, 1.165) is 0 Å². The van der Waals surface area contributed by atoms with E-state index in [-0.39, 0.29) is 5.56 Å². The second kappa shape index (κ2) is 4.32. The first-order valence-corrected chi connectivity index (χ1v) is 5.21. The van der Waals surface area contributed by atoms with Crippen molar-refractivity contribution in [3.63, 3.8) is 0 Å². The van der Waals surface area contributed by atoms with Crippen LogP contribution in [0.15, 0.2) is 4.79 Å². The van der Waals surface area contributed by atoms with Gasteiger partial charge in [0.1, 0.15) is 5.82 Å². The molecule has 0 aliphatic heterocycles. The minimum atomic E-state index is -0.209. The molecular weight excluding hydrogens is 188 g/mol. The van der Waals surface area contributed by atoms with E-state index in [0.29, 0.717) is 23.0 Å². The second-order valence-electron chi connectivity index (χ2n) is 2.56. The molecule has 0 spiro atoms. The predicted molar refractivity (Wildman–Crippen MR) is 53.4 cm³/mol. The summed E-state index contributed by atoms with van der Waals surface area (Å²) in [6, 6.07) is 0. The lowest BCUT2D eigenvalue weighted by Gasteiger charge is -2.04. The van der Waals surface area contributed by atoms with Crippen molar-refractivity contribution in [2.75, 3.05) is 13.4 Å². The number of nitrogens with zero attached hydrogens (tertiary/aromatic N) is 1. The van der Waals surface area contributed by atoms with Gasteiger partial charge in [-0.25, -0.2) is 4.98 Å². The lowest BCUT2D eigenvalue weighted by Crippen LogP contribution is -2.15. The molecule has 0 atom stereocenters. The van der Waals surface area contributed by atoms with Gasteiger partial charge in [0.05, 0.1) is 18.6 Å². The van der Waals surface area contributed by atoms with E-state index in [1.165, 1.54) is 7.11 Å². The number of thioether (sulfide) groups is 1. The summed E-state index contributed by atoms with van der Waals surface area (Å²) in [5.74, 6) is 1.70. The number of rotatable bonds is 3. The largest absolute Gasteiger partial charge is 0.490 e. The van der Waals surface area contributed by atoms with Crippen LogP contribution in [0.5, 0.6) is 5.75 Å². The molecule has 0 aromatic carbocycles. The number of ether oxygens (including phenoxy) is 1. The third-order valence-corrected chi connectivity index (χ3v) is 2.14. The molecule has 0 aliphatic carbocycles. The fraction of sp³-hybridized carbons (Fsp3) is 0.500. The molecule has 1 aromatic heterocycles. The van der Waals surface area contributed by atoms with Crippen molar-refractivity contribution in [1.82, 2.24) is 9.97 Å². The van der Waals surface area contributed by atoms with Crippen molar-refractivity contribution < 1.29 is 4.74 Å². The molecule has 5 heteroatoms. The Hall–Kier alpha value is -0.970. The van der Waals surface area contributed by atoms with Gasteiger partial charge in [0.2, 0.25) is 5.75 Å². The SMILES string of the molecule is COc1c(C)nc(CSC)[nH]c1=O. The molecule has 0 aliphatic rings. The molecule has 13 heavy (non-hydrogen) atoms. The topological polar surface area (TPSA) is 55.0 Å². The van der Waals surface area contributed by atoms with E-state index in [9.17, 15) is 4.79 Å². The van der Waals surface area contributed by atoms with Gasteiger partial charge in [0, 0.05) is 0 Å². The molecule has 0 unspecified atom stereocenters. The van der Waals surface area contributed by atoms with E-state index in [2.05, 4.69) is 9.97 Å². The van der Waals surface area contributed by atoms with Crippen molar-refractivity contribution in [3.05, 3.63) is 21.9 Å². The molecule has 72 valence electrons. The number of hydrogen-bond donors (Lipinski definition) is 1. The number of H-pyrrole nitrogens is 1. The molecular formula is C8H12N2O2S. The van der Waals surface area contributed by atoms with Crippen molar-refractivity contribution in [1.29, 1.82) is 0 Å². The maximum absolute atomic E-state index is 11.3. The Kier molecular flexibility index (Phi) is 3.36. The van der Waals surface area contributed by atoms with Gasteiger partial charge >= 0.3 is 0 Å². The molecule has 1 rings (SSSR count). The minimum absolute atomic E-state index is 0.209. The highest BCUT2D eigenvalue weighted by atomic mass is 32.2. The number of aryl methyl sites for hydroxylation is 1. The van der Waals surface area contributed by atoms with Crippen LogP contribution in [0.25, 0.3) is 0 Å². The Morgan fingerprint density at radius 1 is 1.62 bits per heavy atom. The number of nitrogens with one attached hydrogen (secondary N) is 1. The number of hydrogen-bond acceptors (Lipinski definition) is 4. The van der Waals surface area contributed by atoms with Crippen molar-refractivity contribution in [3.8, 4) is 5.75 Å². The van der Waals surface area contributed by atoms with Crippen LogP contribution in [0.1, 0.15) is 11.5 Å². The third kappa shape index (κ3) is 2.24. The summed E-state index contributed by atoms with van der Waals surface area (Å²) >= 11 is 1.61. The first kappa shape index (κ1) is 10.1. The fourth-order valence-corrected chi connectivity index (χ4v) is 1.49. The highest BCUT2D eigenvalue weighted by Gasteiger charge is 2.06. The molecule has 0 amide bonds. The van der Waals surface area contributed by atoms with Gasteiger partial charge in [0.25, 0.3) is 5.56 Å². The van der Waals surface area contributed by atoms with Crippen LogP contribution >= 0.6 is 11.8 Å². The van der Waals surface area contributed by atoms with Crippen LogP contribution in [-0.4, -0.2) is 23.3 Å². The Bertz CT molecular complexity index is 348. The molecule has 0 saturated heterocycles. The van der Waals surface area contributed by atoms with Gasteiger partial charge in [-0.2, -0.15) is 11.8 Å². The summed E-state index contributed by atoms with van der Waals surface area (Å²) in [4.78, 5) is 18.2. The average molecular weight is 200 g/mol. The zero-order valence-corrected chi connectivity index (χ0v) is 8.70. The van der Waals surface area contributed by atoms with Crippen LogP contribution in [0, 0.1) is 6.92 Å². The monoisotopic (exact) mass is 200 g/mol. The quantitative estimate of drug-likeness (QED) is 0.789. The standard InChI is InChI=1S/C8H12N2O2S/c1-5-7(12-2)8(11)10-6(9-5)4-13-3/h4H2,1-3H3,(H,9,10,11). The van der Waals surface area contributed by atoms with Gasteiger partial charge in [-0.05, 0) is 13.2 Å². The van der Waals surface area contributed by atoms with Crippen LogP contribution in [0.2, 0.25) is 0 Å². The molecule has 1 N–H and O–H groups in total. The second-order valence-corrected chi connectivity index (χ2v) is 3.43. The van der Waals surface area contributed by atoms with Crippen LogP contribution in [0.4, 0.5) is 0 Å². The minimum Gasteiger partial charge on any atom is -0.490 e. The predicted octanol–water partition coefficient (Wildman–Crippen LogP) is 0.950. The van der Waals surface area contributed by atoms with E-state index < -0.39 is 0 Å². The Balaban J connectivity index is 3.13. The summed E-state index contributed by atoms with van der Waals surface area (Å²) in [5, 5.41) is 0. The lowest BCUT2D eigenvalue weighted by molar-refractivity contribution is 0.401. The first-order chi connectivity index (χ1) is 6.19. The van der Waals surface area contributed by atoms with Gasteiger partial charge in [-0.15, -0.1) is 0 Å². The van der Waals surface area contributed by atoms with E-state index >= 15 is 0 Å². The van der Waals surface area contributed by atoms with E-state index in [1.54, 1.807) is 18.7 Å². The molecule has 0 saturated carbocycles. The number of methoxy groups -OCH3 is 1. The van der Waals surface area contributed by atoms with E-state index in [4.69, 9.17) is 4.74 Å². The van der Waals surface area contributed by atoms with Crippen molar-refractivity contribution in [2.24, 2.45) is 0 Å². The molecule has 1 aromatic rings. The Labute approximate surface area is 80.7 Å². The Morgan fingerprint density at radius 3 is 2.77 bits per heavy atom. The molecule has 0 fully saturated rings. The van der Waals surface area contributed by atoms with Crippen molar-refractivity contribution >= 4 is 11.8 Å². The summed E-state index contributed by atoms with van der Waals surface area (Å²) in [7, 11) is 1.47. The maximum atomic E-state index is 11.3. The average Bonchev–Trinajstić information content (AvgIpc) is 2.04. The van der Waals surface area contributed by atoms with E-state index in [1.807, 2.05) is 6.26 Å². The van der Waals surface area contributed by atoms with Gasteiger partial charge < -0.3 is 9.72 Å². The zero-order chi connectivity index (χ0) is 9.84. The summed E-state index contributed by atoms with van der Waals surface area (Å²) < 4.78 is 4.90. The van der Waals surface area contributed by atoms with Gasteiger partial charge in [0.15, 0.2) is 0 Å². The highest BCUT2D eigenvalue weighted by molar-refractivity contribution is 7.97. The summed E-state index contributed by atoms with van der Waals surface area (Å²) in [6.45, 7) is 1.76. The van der Waals surface area contributed by atoms with Crippen LogP contribution < -0.4 is 10.3 Å². The smallest absolute Gasteiger partial charge is 0.293 e. The normalized spacial score (nSPS) is 10.1. The van der Waals surface area contributed by atoms with Crippen molar-refractivity contribution in [2.45, 2.75) is 12.7 Å². The summed E-state index contributed by atoms with van der Waals surface area (Å²) in [5.41, 5.74) is 0.425. The van der Waals surface area contributed by atoms with Gasteiger partial charge in [-0.1, -0.05) is 0 Å². The number of aromatic amines is 1. The van der Waals surface area contributed by atoms with Crippen LogP contribution in [0.3, 0.4) is 0 Å². The molecule has 0 bridgehead atoms. The number of aromatic nitrogens is 2. The summed E-state index contributed by atoms with van der Waals surface area (Å²) in [6.07, 6.45) is 1.96. The fourth-order valence-electron chi connectivity index (χ4n) is 1.08. The first-order valence-electron chi connectivity index (χ1n) is 3.81. The zero-order valence-electron chi connectivity index (χ0n) is 7.88. The van der Waals surface area contributed by atoms with Crippen LogP contribution in [-0.2, 0) is 5.75 Å². The Morgan fingerprint density at radius 2 is 2.31 bits per heavy atom. The maximum Gasteiger partial charge on any atom is 0.293 e. The third-order valence-electron chi connectivity index (χ3n) is 1.58. The highest BCUT2D eigenvalue weighted by Crippen LogP contribution is 2.09. The molecule has 0 radical (unpaired) electrons.